The number of halogens is 1. The molecule has 2 rings (SSSR count). The molecule has 0 spiro atoms. The monoisotopic (exact) mass is 251 g/mol. The minimum Gasteiger partial charge on any atom is -0.325 e. The Hall–Kier alpha value is -1.46. The first-order chi connectivity index (χ1) is 8.63. The van der Waals surface area contributed by atoms with Crippen LogP contribution in [0.15, 0.2) is 24.3 Å². The summed E-state index contributed by atoms with van der Waals surface area (Å²) in [4.78, 5) is 13.9. The molecule has 18 heavy (non-hydrogen) atoms. The lowest BCUT2D eigenvalue weighted by molar-refractivity contribution is -0.115. The minimum absolute atomic E-state index is 0.101. The quantitative estimate of drug-likeness (QED) is 0.841. The van der Waals surface area contributed by atoms with Crippen molar-refractivity contribution in [1.29, 1.82) is 0 Å². The Morgan fingerprint density at radius 1 is 1.44 bits per heavy atom. The molecule has 1 saturated heterocycles. The third kappa shape index (κ3) is 3.78. The van der Waals surface area contributed by atoms with E-state index in [1.807, 2.05) is 0 Å². The molecule has 0 saturated carbocycles. The van der Waals surface area contributed by atoms with Crippen LogP contribution in [0.1, 0.15) is 6.42 Å². The topological polar surface area (TPSA) is 44.4 Å². The van der Waals surface area contributed by atoms with Crippen molar-refractivity contribution >= 4 is 11.6 Å². The number of nitrogens with one attached hydrogen (secondary N) is 2. The summed E-state index contributed by atoms with van der Waals surface area (Å²) in [6, 6.07) is 6.14. The van der Waals surface area contributed by atoms with Crippen LogP contribution in [-0.2, 0) is 4.79 Å². The third-order valence-corrected chi connectivity index (χ3v) is 3.07. The van der Waals surface area contributed by atoms with Gasteiger partial charge in [-0.1, -0.05) is 0 Å². The predicted octanol–water partition coefficient (Wildman–Crippen LogP) is 1.06. The Labute approximate surface area is 106 Å². The molecule has 1 atom stereocenters. The van der Waals surface area contributed by atoms with Crippen LogP contribution in [0, 0.1) is 5.82 Å². The van der Waals surface area contributed by atoms with E-state index in [1.54, 1.807) is 12.1 Å². The zero-order valence-electron chi connectivity index (χ0n) is 10.4. The zero-order valence-corrected chi connectivity index (χ0v) is 10.4. The summed E-state index contributed by atoms with van der Waals surface area (Å²) in [6.07, 6.45) is 1.07. The summed E-state index contributed by atoms with van der Waals surface area (Å²) >= 11 is 0. The van der Waals surface area contributed by atoms with Crippen molar-refractivity contribution in [2.75, 3.05) is 32.0 Å². The second kappa shape index (κ2) is 5.93. The highest BCUT2D eigenvalue weighted by atomic mass is 19.1. The average molecular weight is 251 g/mol. The van der Waals surface area contributed by atoms with Crippen LogP contribution in [-0.4, -0.2) is 43.5 Å². The normalized spacial score (nSPS) is 20.0. The predicted molar refractivity (Wildman–Crippen MR) is 68.9 cm³/mol. The second-order valence-corrected chi connectivity index (χ2v) is 4.68. The SMILES string of the molecule is CN1CCC(NCC(=O)Nc2ccc(F)cc2)C1. The lowest BCUT2D eigenvalue weighted by Gasteiger charge is -2.12. The summed E-state index contributed by atoms with van der Waals surface area (Å²) in [7, 11) is 2.07. The maximum atomic E-state index is 12.7. The highest BCUT2D eigenvalue weighted by Crippen LogP contribution is 2.08. The van der Waals surface area contributed by atoms with E-state index in [4.69, 9.17) is 0 Å². The summed E-state index contributed by atoms with van der Waals surface area (Å²) in [6.45, 7) is 2.33. The van der Waals surface area contributed by atoms with E-state index in [9.17, 15) is 9.18 Å². The Kier molecular flexibility index (Phi) is 4.28. The maximum absolute atomic E-state index is 12.7. The molecule has 1 amide bonds. The average Bonchev–Trinajstić information content (AvgIpc) is 2.76. The molecule has 1 heterocycles. The number of nitrogens with zero attached hydrogens (tertiary/aromatic N) is 1. The largest absolute Gasteiger partial charge is 0.325 e. The number of carbonyl (C=O) groups excluding carboxylic acids is 1. The van der Waals surface area contributed by atoms with Gasteiger partial charge in [0.1, 0.15) is 5.82 Å². The van der Waals surface area contributed by atoms with Gasteiger partial charge in [0.05, 0.1) is 6.54 Å². The van der Waals surface area contributed by atoms with E-state index < -0.39 is 0 Å². The lowest BCUT2D eigenvalue weighted by Crippen LogP contribution is -2.37. The van der Waals surface area contributed by atoms with Gasteiger partial charge in [-0.25, -0.2) is 4.39 Å². The third-order valence-electron chi connectivity index (χ3n) is 3.07. The fourth-order valence-electron chi connectivity index (χ4n) is 2.08. The molecule has 1 unspecified atom stereocenters. The van der Waals surface area contributed by atoms with E-state index in [-0.39, 0.29) is 18.3 Å². The molecular weight excluding hydrogens is 233 g/mol. The molecule has 0 bridgehead atoms. The zero-order chi connectivity index (χ0) is 13.0. The first-order valence-corrected chi connectivity index (χ1v) is 6.11. The van der Waals surface area contributed by atoms with Crippen LogP contribution in [0.5, 0.6) is 0 Å². The molecule has 5 heteroatoms. The molecule has 0 aromatic heterocycles. The first-order valence-electron chi connectivity index (χ1n) is 6.11. The van der Waals surface area contributed by atoms with Crippen molar-refractivity contribution < 1.29 is 9.18 Å². The van der Waals surface area contributed by atoms with Crippen molar-refractivity contribution in [2.45, 2.75) is 12.5 Å². The van der Waals surface area contributed by atoms with Gasteiger partial charge in [0.2, 0.25) is 5.91 Å². The molecule has 0 aliphatic carbocycles. The Morgan fingerprint density at radius 2 is 2.17 bits per heavy atom. The number of hydrogen-bond acceptors (Lipinski definition) is 3. The summed E-state index contributed by atoms with van der Waals surface area (Å²) < 4.78 is 12.7. The fourth-order valence-corrected chi connectivity index (χ4v) is 2.08. The van der Waals surface area contributed by atoms with Gasteiger partial charge in [-0.05, 0) is 44.3 Å². The van der Waals surface area contributed by atoms with Crippen molar-refractivity contribution in [3.8, 4) is 0 Å². The number of rotatable bonds is 4. The number of hydrogen-bond donors (Lipinski definition) is 2. The van der Waals surface area contributed by atoms with Gasteiger partial charge in [0.25, 0.3) is 0 Å². The highest BCUT2D eigenvalue weighted by molar-refractivity contribution is 5.92. The van der Waals surface area contributed by atoms with Crippen LogP contribution in [0.2, 0.25) is 0 Å². The Balaban J connectivity index is 1.73. The molecular formula is C13H18FN3O. The molecule has 4 nitrogen and oxygen atoms in total. The second-order valence-electron chi connectivity index (χ2n) is 4.68. The highest BCUT2D eigenvalue weighted by Gasteiger charge is 2.19. The van der Waals surface area contributed by atoms with Crippen molar-refractivity contribution in [3.63, 3.8) is 0 Å². The number of anilines is 1. The summed E-state index contributed by atoms with van der Waals surface area (Å²) in [5.41, 5.74) is 0.617. The fraction of sp³-hybridized carbons (Fsp3) is 0.462. The van der Waals surface area contributed by atoms with Crippen LogP contribution in [0.25, 0.3) is 0 Å². The first kappa shape index (κ1) is 13.0. The standard InChI is InChI=1S/C13H18FN3O/c1-17-7-6-12(9-17)15-8-13(18)16-11-4-2-10(14)3-5-11/h2-5,12,15H,6-9H2,1H3,(H,16,18). The number of likely N-dealkylation sites (tertiary alicyclic amines) is 1. The van der Waals surface area contributed by atoms with Gasteiger partial charge in [-0.15, -0.1) is 0 Å². The minimum atomic E-state index is -0.305. The number of benzene rings is 1. The summed E-state index contributed by atoms with van der Waals surface area (Å²) in [5.74, 6) is -0.406. The number of carbonyl (C=O) groups is 1. The number of likely N-dealkylation sites (N-methyl/N-ethyl adjacent to an activating group) is 1. The van der Waals surface area contributed by atoms with Crippen molar-refractivity contribution in [2.24, 2.45) is 0 Å². The number of amides is 1. The smallest absolute Gasteiger partial charge is 0.238 e. The molecule has 98 valence electrons. The molecule has 1 aromatic rings. The van der Waals surface area contributed by atoms with Gasteiger partial charge in [0, 0.05) is 18.3 Å². The molecule has 0 radical (unpaired) electrons. The Morgan fingerprint density at radius 3 is 2.78 bits per heavy atom. The molecule has 1 fully saturated rings. The summed E-state index contributed by atoms with van der Waals surface area (Å²) in [5, 5.41) is 5.94. The Bertz CT molecular complexity index is 407. The van der Waals surface area contributed by atoms with Crippen LogP contribution < -0.4 is 10.6 Å². The van der Waals surface area contributed by atoms with Gasteiger partial charge < -0.3 is 15.5 Å². The van der Waals surface area contributed by atoms with Crippen molar-refractivity contribution in [3.05, 3.63) is 30.1 Å². The molecule has 1 aromatic carbocycles. The molecule has 1 aliphatic heterocycles. The van der Waals surface area contributed by atoms with E-state index >= 15 is 0 Å². The van der Waals surface area contributed by atoms with E-state index in [0.29, 0.717) is 11.7 Å². The van der Waals surface area contributed by atoms with Crippen LogP contribution >= 0.6 is 0 Å². The van der Waals surface area contributed by atoms with E-state index in [0.717, 1.165) is 19.5 Å². The van der Waals surface area contributed by atoms with Gasteiger partial charge in [-0.2, -0.15) is 0 Å². The van der Waals surface area contributed by atoms with Gasteiger partial charge in [-0.3, -0.25) is 4.79 Å². The molecule has 1 aliphatic rings. The lowest BCUT2D eigenvalue weighted by atomic mass is 10.2. The van der Waals surface area contributed by atoms with Gasteiger partial charge in [0.15, 0.2) is 0 Å². The van der Waals surface area contributed by atoms with E-state index in [1.165, 1.54) is 12.1 Å². The maximum Gasteiger partial charge on any atom is 0.238 e. The van der Waals surface area contributed by atoms with Crippen LogP contribution in [0.4, 0.5) is 10.1 Å². The van der Waals surface area contributed by atoms with Crippen molar-refractivity contribution in [1.82, 2.24) is 10.2 Å². The molecule has 2 N–H and O–H groups in total. The van der Waals surface area contributed by atoms with E-state index in [2.05, 4.69) is 22.6 Å². The van der Waals surface area contributed by atoms with Gasteiger partial charge >= 0.3 is 0 Å². The van der Waals surface area contributed by atoms with Crippen LogP contribution in [0.3, 0.4) is 0 Å².